The number of carbonyl (C=O) groups is 1. The highest BCUT2D eigenvalue weighted by molar-refractivity contribution is 7.16. The molecule has 2 fully saturated rings. The summed E-state index contributed by atoms with van der Waals surface area (Å²) < 4.78 is 19.9. The smallest absolute Gasteiger partial charge is 0.225 e. The molecule has 4 aromatic heterocycles. The molecule has 0 N–H and O–H groups in total. The normalized spacial score (nSPS) is 15.7. The number of hydrogen-bond acceptors (Lipinski definition) is 10. The molecular formula is C34H34N6O4S2. The van der Waals surface area contributed by atoms with E-state index in [1.165, 1.54) is 16.9 Å². The van der Waals surface area contributed by atoms with E-state index in [0.717, 1.165) is 82.1 Å². The van der Waals surface area contributed by atoms with Crippen molar-refractivity contribution in [2.45, 2.75) is 39.8 Å². The Bertz CT molecular complexity index is 2020. The van der Waals surface area contributed by atoms with Crippen molar-refractivity contribution < 1.29 is 18.7 Å². The first-order valence-corrected chi connectivity index (χ1v) is 17.2. The molecule has 46 heavy (non-hydrogen) atoms. The van der Waals surface area contributed by atoms with Crippen molar-refractivity contribution in [3.63, 3.8) is 0 Å². The topological polar surface area (TPSA) is 98.2 Å². The molecule has 0 bridgehead atoms. The number of fused-ring (bicyclic) bond motifs is 2. The zero-order valence-corrected chi connectivity index (χ0v) is 27.6. The first-order valence-electron chi connectivity index (χ1n) is 15.5. The Kier molecular flexibility index (Phi) is 7.50. The molecule has 1 aliphatic heterocycles. The second-order valence-electron chi connectivity index (χ2n) is 12.0. The van der Waals surface area contributed by atoms with Crippen LogP contribution in [0.25, 0.3) is 38.0 Å². The SMILES string of the molecule is COc1cc(OCc2nc(-c3ccc(CN4CCN(C(=O)C5CC5)CC4)cc3)sc2C)c2cc(-c3cn4nc(C)sc4n3)oc2c1. The van der Waals surface area contributed by atoms with Gasteiger partial charge in [0.1, 0.15) is 39.4 Å². The number of amides is 1. The number of rotatable bonds is 9. The van der Waals surface area contributed by atoms with E-state index in [4.69, 9.17) is 18.9 Å². The molecule has 1 saturated heterocycles. The van der Waals surface area contributed by atoms with Crippen molar-refractivity contribution in [3.8, 4) is 33.5 Å². The zero-order chi connectivity index (χ0) is 31.4. The molecule has 236 valence electrons. The number of aryl methyl sites for hydroxylation is 2. The number of benzene rings is 2. The number of imidazole rings is 1. The summed E-state index contributed by atoms with van der Waals surface area (Å²) in [7, 11) is 1.63. The third kappa shape index (κ3) is 5.76. The first kappa shape index (κ1) is 29.2. The van der Waals surface area contributed by atoms with Crippen LogP contribution in [0.1, 0.15) is 34.0 Å². The molecule has 2 aliphatic rings. The van der Waals surface area contributed by atoms with Crippen LogP contribution in [0.15, 0.2) is 53.1 Å². The largest absolute Gasteiger partial charge is 0.496 e. The third-order valence-corrected chi connectivity index (χ3v) is 10.6. The molecule has 5 heterocycles. The average Bonchev–Trinajstić information content (AvgIpc) is 3.33. The number of nitrogens with zero attached hydrogens (tertiary/aromatic N) is 6. The van der Waals surface area contributed by atoms with Crippen molar-refractivity contribution in [2.75, 3.05) is 33.3 Å². The lowest BCUT2D eigenvalue weighted by Gasteiger charge is -2.35. The Labute approximate surface area is 274 Å². The van der Waals surface area contributed by atoms with Crippen molar-refractivity contribution in [1.82, 2.24) is 29.4 Å². The van der Waals surface area contributed by atoms with Crippen LogP contribution in [0.5, 0.6) is 11.5 Å². The number of methoxy groups -OCH3 is 1. The number of aromatic nitrogens is 4. The van der Waals surface area contributed by atoms with E-state index < -0.39 is 0 Å². The third-order valence-electron chi connectivity index (χ3n) is 8.68. The van der Waals surface area contributed by atoms with Crippen LogP contribution in [0.4, 0.5) is 0 Å². The van der Waals surface area contributed by atoms with Gasteiger partial charge in [0.2, 0.25) is 10.9 Å². The van der Waals surface area contributed by atoms with E-state index >= 15 is 0 Å². The monoisotopic (exact) mass is 654 g/mol. The van der Waals surface area contributed by atoms with Crippen LogP contribution in [0, 0.1) is 19.8 Å². The molecule has 1 amide bonds. The van der Waals surface area contributed by atoms with Gasteiger partial charge in [-0.3, -0.25) is 9.69 Å². The summed E-state index contributed by atoms with van der Waals surface area (Å²) >= 11 is 3.21. The summed E-state index contributed by atoms with van der Waals surface area (Å²) in [6, 6.07) is 14.4. The van der Waals surface area contributed by atoms with Crippen LogP contribution in [0.2, 0.25) is 0 Å². The fourth-order valence-electron chi connectivity index (χ4n) is 5.92. The molecule has 0 unspecified atom stereocenters. The summed E-state index contributed by atoms with van der Waals surface area (Å²) in [6.07, 6.45) is 4.02. The lowest BCUT2D eigenvalue weighted by atomic mass is 10.1. The zero-order valence-electron chi connectivity index (χ0n) is 26.0. The van der Waals surface area contributed by atoms with Crippen molar-refractivity contribution in [3.05, 3.63) is 69.8 Å². The number of hydrogen-bond donors (Lipinski definition) is 0. The summed E-state index contributed by atoms with van der Waals surface area (Å²) in [4.78, 5) is 28.4. The Morgan fingerprint density at radius 2 is 1.83 bits per heavy atom. The standard InChI is InChI=1S/C34H34N6O4S2/c1-20-28(35-32(45-20)23-6-4-22(5-7-23)17-38-10-12-39(13-11-38)33(41)24-8-9-24)19-43-29-14-25(42-3)15-30-26(29)16-31(44-30)27-18-40-34(36-27)46-21(2)37-40/h4-7,14-16,18,24H,8-13,17,19H2,1-3H3. The Morgan fingerprint density at radius 3 is 2.57 bits per heavy atom. The highest BCUT2D eigenvalue weighted by Gasteiger charge is 2.34. The van der Waals surface area contributed by atoms with Gasteiger partial charge in [0, 0.05) is 61.2 Å². The molecule has 8 rings (SSSR count). The number of piperazine rings is 1. The summed E-state index contributed by atoms with van der Waals surface area (Å²) in [5.74, 6) is 2.62. The van der Waals surface area contributed by atoms with Gasteiger partial charge in [-0.2, -0.15) is 5.10 Å². The van der Waals surface area contributed by atoms with Crippen molar-refractivity contribution in [2.24, 2.45) is 5.92 Å². The highest BCUT2D eigenvalue weighted by Crippen LogP contribution is 2.38. The van der Waals surface area contributed by atoms with Crippen molar-refractivity contribution >= 4 is 44.5 Å². The number of furan rings is 1. The minimum Gasteiger partial charge on any atom is -0.496 e. The van der Waals surface area contributed by atoms with Crippen molar-refractivity contribution in [1.29, 1.82) is 0 Å². The van der Waals surface area contributed by atoms with Gasteiger partial charge in [-0.05, 0) is 38.3 Å². The summed E-state index contributed by atoms with van der Waals surface area (Å²) in [5.41, 5.74) is 4.64. The molecule has 0 spiro atoms. The van der Waals surface area contributed by atoms with Crippen LogP contribution in [-0.4, -0.2) is 68.6 Å². The molecule has 10 nitrogen and oxygen atoms in total. The molecule has 12 heteroatoms. The van der Waals surface area contributed by atoms with E-state index in [0.29, 0.717) is 47.0 Å². The Morgan fingerprint density at radius 1 is 1.02 bits per heavy atom. The van der Waals surface area contributed by atoms with E-state index in [1.54, 1.807) is 23.0 Å². The molecule has 0 atom stereocenters. The van der Waals surface area contributed by atoms with Crippen LogP contribution in [0.3, 0.4) is 0 Å². The predicted octanol–water partition coefficient (Wildman–Crippen LogP) is 6.59. The van der Waals surface area contributed by atoms with Gasteiger partial charge in [0.15, 0.2) is 5.76 Å². The lowest BCUT2D eigenvalue weighted by molar-refractivity contribution is -0.134. The average molecular weight is 655 g/mol. The molecule has 0 radical (unpaired) electrons. The molecular weight excluding hydrogens is 621 g/mol. The van der Waals surface area contributed by atoms with Gasteiger partial charge < -0.3 is 18.8 Å². The minimum atomic E-state index is 0.303. The van der Waals surface area contributed by atoms with Crippen LogP contribution >= 0.6 is 22.7 Å². The highest BCUT2D eigenvalue weighted by atomic mass is 32.1. The quantitative estimate of drug-likeness (QED) is 0.172. The first-order chi connectivity index (χ1) is 22.4. The number of thiazole rings is 1. The van der Waals surface area contributed by atoms with E-state index in [-0.39, 0.29) is 0 Å². The second-order valence-corrected chi connectivity index (χ2v) is 14.4. The fourth-order valence-corrected chi connectivity index (χ4v) is 7.57. The maximum Gasteiger partial charge on any atom is 0.225 e. The summed E-state index contributed by atoms with van der Waals surface area (Å²) in [5, 5.41) is 7.24. The van der Waals surface area contributed by atoms with E-state index in [9.17, 15) is 4.79 Å². The maximum atomic E-state index is 12.4. The van der Waals surface area contributed by atoms with Gasteiger partial charge in [-0.15, -0.1) is 11.3 Å². The number of carbonyl (C=O) groups excluding carboxylic acids is 1. The maximum absolute atomic E-state index is 12.4. The molecule has 2 aromatic carbocycles. The van der Waals surface area contributed by atoms with Crippen LogP contribution < -0.4 is 9.47 Å². The number of ether oxygens (including phenoxy) is 2. The predicted molar refractivity (Wildman–Crippen MR) is 179 cm³/mol. The minimum absolute atomic E-state index is 0.303. The van der Waals surface area contributed by atoms with E-state index in [2.05, 4.69) is 51.1 Å². The fraction of sp³-hybridized carbons (Fsp3) is 0.353. The Hall–Kier alpha value is -4.26. The van der Waals surface area contributed by atoms with Gasteiger partial charge in [0.05, 0.1) is 24.4 Å². The summed E-state index contributed by atoms with van der Waals surface area (Å²) in [6.45, 7) is 8.77. The van der Waals surface area contributed by atoms with E-state index in [1.807, 2.05) is 31.3 Å². The van der Waals surface area contributed by atoms with Crippen LogP contribution in [-0.2, 0) is 17.9 Å². The Balaban J connectivity index is 0.943. The van der Waals surface area contributed by atoms with Gasteiger partial charge in [-0.25, -0.2) is 14.5 Å². The van der Waals surface area contributed by atoms with Gasteiger partial charge in [0.25, 0.3) is 0 Å². The lowest BCUT2D eigenvalue weighted by Crippen LogP contribution is -2.48. The molecule has 1 saturated carbocycles. The molecule has 1 aliphatic carbocycles. The second kappa shape index (κ2) is 11.8. The molecule has 6 aromatic rings. The van der Waals surface area contributed by atoms with Gasteiger partial charge >= 0.3 is 0 Å². The van der Waals surface area contributed by atoms with Gasteiger partial charge in [-0.1, -0.05) is 35.6 Å².